The van der Waals surface area contributed by atoms with Gasteiger partial charge in [-0.2, -0.15) is 0 Å². The van der Waals surface area contributed by atoms with E-state index in [1.165, 1.54) is 44.9 Å². The summed E-state index contributed by atoms with van der Waals surface area (Å²) in [5.41, 5.74) is 0.278. The normalized spacial score (nSPS) is 28.4. The number of ether oxygens (including phenoxy) is 1. The Hall–Kier alpha value is -1.30. The number of aliphatic imine (C=N–C) groups is 1. The number of carbonyl (C=O) groups is 1. The molecule has 1 aliphatic carbocycles. The molecule has 0 aromatic carbocycles. The fraction of sp³-hybridized carbons (Fsp3) is 0.895. The fourth-order valence-corrected chi connectivity index (χ4v) is 4.39. The van der Waals surface area contributed by atoms with Crippen LogP contribution in [0.3, 0.4) is 0 Å². The standard InChI is InChI=1S/C19H34N4O2/c1-22(2)17(24)13-20-18(21-16-7-3-4-8-16)23-11-5-9-19(14-23)10-6-12-25-15-19/h16H,3-15H2,1-2H3,(H,20,21). The van der Waals surface area contributed by atoms with Crippen molar-refractivity contribution in [3.8, 4) is 0 Å². The summed E-state index contributed by atoms with van der Waals surface area (Å²) in [6.07, 6.45) is 9.84. The maximum atomic E-state index is 12.0. The summed E-state index contributed by atoms with van der Waals surface area (Å²) in [6.45, 7) is 4.03. The van der Waals surface area contributed by atoms with Crippen molar-refractivity contribution in [1.82, 2.24) is 15.1 Å². The van der Waals surface area contributed by atoms with Crippen LogP contribution in [0.1, 0.15) is 51.4 Å². The summed E-state index contributed by atoms with van der Waals surface area (Å²) in [6, 6.07) is 0.508. The second kappa shape index (κ2) is 8.39. The van der Waals surface area contributed by atoms with Gasteiger partial charge in [-0.3, -0.25) is 4.79 Å². The highest BCUT2D eigenvalue weighted by Crippen LogP contribution is 2.37. The summed E-state index contributed by atoms with van der Waals surface area (Å²) >= 11 is 0. The van der Waals surface area contributed by atoms with Crippen molar-refractivity contribution in [1.29, 1.82) is 0 Å². The van der Waals surface area contributed by atoms with E-state index >= 15 is 0 Å². The minimum Gasteiger partial charge on any atom is -0.381 e. The molecule has 1 N–H and O–H groups in total. The van der Waals surface area contributed by atoms with Crippen LogP contribution >= 0.6 is 0 Å². The molecule has 1 atom stereocenters. The van der Waals surface area contributed by atoms with Crippen LogP contribution in [0.4, 0.5) is 0 Å². The highest BCUT2D eigenvalue weighted by atomic mass is 16.5. The number of guanidine groups is 1. The van der Waals surface area contributed by atoms with Crippen LogP contribution in [0.2, 0.25) is 0 Å². The molecular formula is C19H34N4O2. The molecule has 2 saturated heterocycles. The molecule has 0 radical (unpaired) electrons. The largest absolute Gasteiger partial charge is 0.381 e. The van der Waals surface area contributed by atoms with Gasteiger partial charge < -0.3 is 19.9 Å². The first-order valence-electron chi connectivity index (χ1n) is 9.92. The fourth-order valence-electron chi connectivity index (χ4n) is 4.39. The molecule has 0 aromatic heterocycles. The molecule has 3 aliphatic rings. The molecule has 3 rings (SSSR count). The number of carbonyl (C=O) groups excluding carboxylic acids is 1. The maximum absolute atomic E-state index is 12.0. The van der Waals surface area contributed by atoms with Crippen LogP contribution in [-0.2, 0) is 9.53 Å². The van der Waals surface area contributed by atoms with Crippen LogP contribution in [0.15, 0.2) is 4.99 Å². The van der Waals surface area contributed by atoms with E-state index in [1.807, 2.05) is 0 Å². The van der Waals surface area contributed by atoms with Gasteiger partial charge in [0.1, 0.15) is 6.54 Å². The van der Waals surface area contributed by atoms with Gasteiger partial charge in [0, 0.05) is 45.2 Å². The predicted molar refractivity (Wildman–Crippen MR) is 99.7 cm³/mol. The topological polar surface area (TPSA) is 57.2 Å². The van der Waals surface area contributed by atoms with E-state index in [0.29, 0.717) is 6.04 Å². The number of amides is 1. The second-order valence-electron chi connectivity index (χ2n) is 8.23. The average molecular weight is 351 g/mol. The Morgan fingerprint density at radius 2 is 2.00 bits per heavy atom. The third kappa shape index (κ3) is 4.87. The van der Waals surface area contributed by atoms with Gasteiger partial charge >= 0.3 is 0 Å². The molecule has 1 saturated carbocycles. The Morgan fingerprint density at radius 3 is 2.68 bits per heavy atom. The molecule has 1 amide bonds. The van der Waals surface area contributed by atoms with Crippen molar-refractivity contribution in [3.05, 3.63) is 0 Å². The zero-order chi connectivity index (χ0) is 17.7. The minimum absolute atomic E-state index is 0.0541. The lowest BCUT2D eigenvalue weighted by atomic mass is 9.76. The molecule has 1 spiro atoms. The Balaban J connectivity index is 1.70. The number of hydrogen-bond acceptors (Lipinski definition) is 3. The number of rotatable bonds is 3. The Labute approximate surface area is 152 Å². The molecule has 142 valence electrons. The van der Waals surface area contributed by atoms with E-state index in [2.05, 4.69) is 10.2 Å². The predicted octanol–water partition coefficient (Wildman–Crippen LogP) is 1.86. The Kier molecular flexibility index (Phi) is 6.20. The van der Waals surface area contributed by atoms with Gasteiger partial charge in [-0.1, -0.05) is 12.8 Å². The molecule has 6 nitrogen and oxygen atoms in total. The van der Waals surface area contributed by atoms with Crippen molar-refractivity contribution < 1.29 is 9.53 Å². The first-order valence-corrected chi connectivity index (χ1v) is 9.92. The molecule has 25 heavy (non-hydrogen) atoms. The zero-order valence-electron chi connectivity index (χ0n) is 15.9. The molecule has 0 aromatic rings. The van der Waals surface area contributed by atoms with Gasteiger partial charge in [0.25, 0.3) is 0 Å². The van der Waals surface area contributed by atoms with E-state index in [1.54, 1.807) is 19.0 Å². The van der Waals surface area contributed by atoms with E-state index < -0.39 is 0 Å². The number of hydrogen-bond donors (Lipinski definition) is 1. The van der Waals surface area contributed by atoms with Crippen molar-refractivity contribution in [3.63, 3.8) is 0 Å². The summed E-state index contributed by atoms with van der Waals surface area (Å²) in [5.74, 6) is 0.991. The van der Waals surface area contributed by atoms with Gasteiger partial charge in [-0.05, 0) is 38.5 Å². The zero-order valence-corrected chi connectivity index (χ0v) is 15.9. The molecule has 0 bridgehead atoms. The number of likely N-dealkylation sites (N-methyl/N-ethyl adjacent to an activating group) is 1. The van der Waals surface area contributed by atoms with Crippen LogP contribution in [0, 0.1) is 5.41 Å². The number of likely N-dealkylation sites (tertiary alicyclic amines) is 1. The highest BCUT2D eigenvalue weighted by Gasteiger charge is 2.38. The molecule has 2 heterocycles. The van der Waals surface area contributed by atoms with Crippen molar-refractivity contribution in [2.75, 3.05) is 46.9 Å². The van der Waals surface area contributed by atoms with E-state index in [9.17, 15) is 4.79 Å². The Morgan fingerprint density at radius 1 is 1.24 bits per heavy atom. The number of nitrogens with one attached hydrogen (secondary N) is 1. The second-order valence-corrected chi connectivity index (χ2v) is 8.23. The highest BCUT2D eigenvalue weighted by molar-refractivity contribution is 5.85. The summed E-state index contributed by atoms with van der Waals surface area (Å²) in [5, 5.41) is 3.67. The Bertz CT molecular complexity index is 474. The van der Waals surface area contributed by atoms with Crippen LogP contribution in [0.25, 0.3) is 0 Å². The summed E-state index contributed by atoms with van der Waals surface area (Å²) < 4.78 is 5.81. The van der Waals surface area contributed by atoms with E-state index in [4.69, 9.17) is 9.73 Å². The van der Waals surface area contributed by atoms with Crippen LogP contribution in [-0.4, -0.2) is 74.7 Å². The van der Waals surface area contributed by atoms with Crippen molar-refractivity contribution >= 4 is 11.9 Å². The van der Waals surface area contributed by atoms with Crippen molar-refractivity contribution in [2.24, 2.45) is 10.4 Å². The lowest BCUT2D eigenvalue weighted by molar-refractivity contribution is -0.127. The monoisotopic (exact) mass is 350 g/mol. The van der Waals surface area contributed by atoms with Gasteiger partial charge in [0.2, 0.25) is 5.91 Å². The average Bonchev–Trinajstić information content (AvgIpc) is 3.12. The quantitative estimate of drug-likeness (QED) is 0.623. The molecule has 6 heteroatoms. The summed E-state index contributed by atoms with van der Waals surface area (Å²) in [4.78, 5) is 20.7. The first kappa shape index (κ1) is 18.5. The third-order valence-electron chi connectivity index (χ3n) is 5.92. The van der Waals surface area contributed by atoms with Gasteiger partial charge in [-0.15, -0.1) is 0 Å². The lowest BCUT2D eigenvalue weighted by Crippen LogP contribution is -2.54. The number of nitrogens with zero attached hydrogens (tertiary/aromatic N) is 3. The smallest absolute Gasteiger partial charge is 0.243 e. The van der Waals surface area contributed by atoms with Crippen LogP contribution < -0.4 is 5.32 Å². The SMILES string of the molecule is CN(C)C(=O)CN=C(NC1CCCC1)N1CCCC2(CCCOC2)C1. The maximum Gasteiger partial charge on any atom is 0.243 e. The van der Waals surface area contributed by atoms with Crippen molar-refractivity contribution in [2.45, 2.75) is 57.4 Å². The summed E-state index contributed by atoms with van der Waals surface area (Å²) in [7, 11) is 3.58. The first-order chi connectivity index (χ1) is 12.1. The molecule has 1 unspecified atom stereocenters. The molecular weight excluding hydrogens is 316 g/mol. The van der Waals surface area contributed by atoms with Gasteiger partial charge in [0.15, 0.2) is 5.96 Å². The molecule has 3 fully saturated rings. The third-order valence-corrected chi connectivity index (χ3v) is 5.92. The molecule has 2 aliphatic heterocycles. The lowest BCUT2D eigenvalue weighted by Gasteiger charge is -2.46. The number of piperidine rings is 1. The van der Waals surface area contributed by atoms with Crippen LogP contribution in [0.5, 0.6) is 0 Å². The minimum atomic E-state index is 0.0541. The van der Waals surface area contributed by atoms with E-state index in [0.717, 1.165) is 38.7 Å². The van der Waals surface area contributed by atoms with Gasteiger partial charge in [0.05, 0.1) is 6.61 Å². The van der Waals surface area contributed by atoms with E-state index in [-0.39, 0.29) is 17.9 Å². The van der Waals surface area contributed by atoms with Gasteiger partial charge in [-0.25, -0.2) is 4.99 Å².